The van der Waals surface area contributed by atoms with E-state index in [1.54, 1.807) is 13.0 Å². The summed E-state index contributed by atoms with van der Waals surface area (Å²) in [6.45, 7) is 6.34. The van der Waals surface area contributed by atoms with Crippen LogP contribution in [0.3, 0.4) is 0 Å². The van der Waals surface area contributed by atoms with Gasteiger partial charge < -0.3 is 14.5 Å². The first-order valence-corrected chi connectivity index (χ1v) is 6.87. The fourth-order valence-corrected chi connectivity index (χ4v) is 2.64. The number of carboxylic acids is 1. The van der Waals surface area contributed by atoms with E-state index in [4.69, 9.17) is 4.52 Å². The second kappa shape index (κ2) is 5.64. The van der Waals surface area contributed by atoms with Crippen molar-refractivity contribution in [3.8, 4) is 0 Å². The second-order valence-electron chi connectivity index (χ2n) is 5.72. The number of aryl methyl sites for hydroxylation is 1. The number of amides is 1. The number of aromatic nitrogens is 1. The standard InChI is InChI=1S/C14H20N2O4/c1-8(2)10-4-5-12(14(18)19)16(7-10)13(17)11-6-9(3)20-15-11/h6,8,10,12H,4-5,7H2,1-3H3,(H,18,19). The average molecular weight is 280 g/mol. The molecule has 2 atom stereocenters. The van der Waals surface area contributed by atoms with Gasteiger partial charge in [-0.05, 0) is 31.6 Å². The predicted octanol–water partition coefficient (Wildman–Crippen LogP) is 1.94. The molecule has 2 rings (SSSR count). The highest BCUT2D eigenvalue weighted by Crippen LogP contribution is 2.28. The third-order valence-corrected chi connectivity index (χ3v) is 3.95. The maximum Gasteiger partial charge on any atom is 0.326 e. The summed E-state index contributed by atoms with van der Waals surface area (Å²) in [5, 5.41) is 13.0. The molecule has 0 aromatic carbocycles. The molecule has 6 heteroatoms. The van der Waals surface area contributed by atoms with Crippen LogP contribution in [0, 0.1) is 18.8 Å². The highest BCUT2D eigenvalue weighted by molar-refractivity contribution is 5.95. The third kappa shape index (κ3) is 2.84. The van der Waals surface area contributed by atoms with Crippen molar-refractivity contribution in [1.29, 1.82) is 0 Å². The van der Waals surface area contributed by atoms with Gasteiger partial charge in [-0.2, -0.15) is 0 Å². The number of carbonyl (C=O) groups is 2. The van der Waals surface area contributed by atoms with E-state index in [2.05, 4.69) is 19.0 Å². The first kappa shape index (κ1) is 14.6. The van der Waals surface area contributed by atoms with E-state index >= 15 is 0 Å². The first-order valence-electron chi connectivity index (χ1n) is 6.87. The lowest BCUT2D eigenvalue weighted by molar-refractivity contribution is -0.144. The number of hydrogen-bond donors (Lipinski definition) is 1. The molecule has 1 aromatic rings. The monoisotopic (exact) mass is 280 g/mol. The SMILES string of the molecule is Cc1cc(C(=O)N2CC(C(C)C)CCC2C(=O)O)no1. The van der Waals surface area contributed by atoms with Crippen molar-refractivity contribution in [1.82, 2.24) is 10.1 Å². The summed E-state index contributed by atoms with van der Waals surface area (Å²) in [6.07, 6.45) is 1.32. The quantitative estimate of drug-likeness (QED) is 0.914. The van der Waals surface area contributed by atoms with Gasteiger partial charge in [-0.1, -0.05) is 19.0 Å². The van der Waals surface area contributed by atoms with Crippen molar-refractivity contribution in [3.63, 3.8) is 0 Å². The molecule has 1 aliphatic heterocycles. The summed E-state index contributed by atoms with van der Waals surface area (Å²) in [4.78, 5) is 25.2. The van der Waals surface area contributed by atoms with Crippen LogP contribution in [-0.4, -0.2) is 39.6 Å². The van der Waals surface area contributed by atoms with Crippen molar-refractivity contribution in [3.05, 3.63) is 17.5 Å². The molecular formula is C14H20N2O4. The van der Waals surface area contributed by atoms with Gasteiger partial charge in [0.15, 0.2) is 5.69 Å². The zero-order valence-corrected chi connectivity index (χ0v) is 12.0. The largest absolute Gasteiger partial charge is 0.480 e. The Bertz CT molecular complexity index is 509. The molecule has 20 heavy (non-hydrogen) atoms. The van der Waals surface area contributed by atoms with E-state index < -0.39 is 12.0 Å². The van der Waals surface area contributed by atoms with Crippen molar-refractivity contribution in [2.24, 2.45) is 11.8 Å². The zero-order valence-electron chi connectivity index (χ0n) is 12.0. The molecule has 0 radical (unpaired) electrons. The van der Waals surface area contributed by atoms with E-state index in [9.17, 15) is 14.7 Å². The van der Waals surface area contributed by atoms with Crippen LogP contribution in [0.15, 0.2) is 10.6 Å². The van der Waals surface area contributed by atoms with Crippen molar-refractivity contribution in [2.45, 2.75) is 39.7 Å². The number of hydrogen-bond acceptors (Lipinski definition) is 4. The molecule has 1 saturated heterocycles. The van der Waals surface area contributed by atoms with E-state index in [0.29, 0.717) is 30.6 Å². The first-order chi connectivity index (χ1) is 9.40. The molecule has 1 N–H and O–H groups in total. The van der Waals surface area contributed by atoms with Crippen LogP contribution in [0.4, 0.5) is 0 Å². The Morgan fingerprint density at radius 2 is 2.15 bits per heavy atom. The summed E-state index contributed by atoms with van der Waals surface area (Å²) in [5.74, 6) is -0.0420. The highest BCUT2D eigenvalue weighted by Gasteiger charge is 2.37. The Hall–Kier alpha value is -1.85. The molecule has 0 aliphatic carbocycles. The number of carboxylic acid groups (broad SMARTS) is 1. The molecule has 2 unspecified atom stereocenters. The normalized spacial score (nSPS) is 23.1. The van der Waals surface area contributed by atoms with Crippen molar-refractivity contribution in [2.75, 3.05) is 6.54 Å². The highest BCUT2D eigenvalue weighted by atomic mass is 16.5. The van der Waals surface area contributed by atoms with Gasteiger partial charge in [0.05, 0.1) is 0 Å². The predicted molar refractivity (Wildman–Crippen MR) is 71.3 cm³/mol. The topological polar surface area (TPSA) is 83.6 Å². The molecule has 0 spiro atoms. The van der Waals surface area contributed by atoms with Crippen LogP contribution in [0.25, 0.3) is 0 Å². The summed E-state index contributed by atoms with van der Waals surface area (Å²) in [7, 11) is 0. The Kier molecular flexibility index (Phi) is 4.11. The van der Waals surface area contributed by atoms with Crippen LogP contribution < -0.4 is 0 Å². The van der Waals surface area contributed by atoms with Gasteiger partial charge in [0.1, 0.15) is 11.8 Å². The molecule has 110 valence electrons. The van der Waals surface area contributed by atoms with Crippen LogP contribution in [-0.2, 0) is 4.79 Å². The minimum Gasteiger partial charge on any atom is -0.480 e. The Balaban J connectivity index is 2.22. The average Bonchev–Trinajstić information content (AvgIpc) is 2.83. The van der Waals surface area contributed by atoms with E-state index in [1.807, 2.05) is 0 Å². The molecular weight excluding hydrogens is 260 g/mol. The number of carbonyl (C=O) groups excluding carboxylic acids is 1. The maximum atomic E-state index is 12.4. The summed E-state index contributed by atoms with van der Waals surface area (Å²) in [6, 6.07) is 0.773. The summed E-state index contributed by atoms with van der Waals surface area (Å²) in [5.41, 5.74) is 0.179. The van der Waals surface area contributed by atoms with Crippen LogP contribution in [0.5, 0.6) is 0 Å². The van der Waals surface area contributed by atoms with Crippen molar-refractivity contribution < 1.29 is 19.2 Å². The number of likely N-dealkylation sites (tertiary alicyclic amines) is 1. The maximum absolute atomic E-state index is 12.4. The van der Waals surface area contributed by atoms with Gasteiger partial charge in [0, 0.05) is 12.6 Å². The van der Waals surface area contributed by atoms with Gasteiger partial charge in [-0.25, -0.2) is 4.79 Å². The van der Waals surface area contributed by atoms with Crippen LogP contribution >= 0.6 is 0 Å². The molecule has 0 bridgehead atoms. The molecule has 2 heterocycles. The van der Waals surface area contributed by atoms with Crippen LogP contribution in [0.2, 0.25) is 0 Å². The summed E-state index contributed by atoms with van der Waals surface area (Å²) >= 11 is 0. The lowest BCUT2D eigenvalue weighted by Gasteiger charge is -2.38. The third-order valence-electron chi connectivity index (χ3n) is 3.95. The summed E-state index contributed by atoms with van der Waals surface area (Å²) < 4.78 is 4.90. The van der Waals surface area contributed by atoms with Gasteiger partial charge in [0.2, 0.25) is 0 Å². The van der Waals surface area contributed by atoms with E-state index in [1.165, 1.54) is 4.90 Å². The van der Waals surface area contributed by atoms with Gasteiger partial charge >= 0.3 is 5.97 Å². The number of aliphatic carboxylic acids is 1. The number of piperidine rings is 1. The minimum atomic E-state index is -0.958. The molecule has 0 saturated carbocycles. The minimum absolute atomic E-state index is 0.179. The van der Waals surface area contributed by atoms with E-state index in [-0.39, 0.29) is 11.6 Å². The molecule has 1 aliphatic rings. The lowest BCUT2D eigenvalue weighted by Crippen LogP contribution is -2.51. The molecule has 1 aromatic heterocycles. The number of rotatable bonds is 3. The Morgan fingerprint density at radius 1 is 1.45 bits per heavy atom. The van der Waals surface area contributed by atoms with Crippen LogP contribution in [0.1, 0.15) is 42.9 Å². The molecule has 1 amide bonds. The zero-order chi connectivity index (χ0) is 14.9. The smallest absolute Gasteiger partial charge is 0.326 e. The van der Waals surface area contributed by atoms with E-state index in [0.717, 1.165) is 6.42 Å². The Morgan fingerprint density at radius 3 is 2.65 bits per heavy atom. The molecule has 1 fully saturated rings. The van der Waals surface area contributed by atoms with Gasteiger partial charge in [-0.3, -0.25) is 4.79 Å². The second-order valence-corrected chi connectivity index (χ2v) is 5.72. The fraction of sp³-hybridized carbons (Fsp3) is 0.643. The van der Waals surface area contributed by atoms with Gasteiger partial charge in [0.25, 0.3) is 5.91 Å². The van der Waals surface area contributed by atoms with Gasteiger partial charge in [-0.15, -0.1) is 0 Å². The molecule has 6 nitrogen and oxygen atoms in total. The fourth-order valence-electron chi connectivity index (χ4n) is 2.64. The van der Waals surface area contributed by atoms with Crippen molar-refractivity contribution >= 4 is 11.9 Å². The Labute approximate surface area is 117 Å². The lowest BCUT2D eigenvalue weighted by atomic mass is 9.85. The number of nitrogens with zero attached hydrogens (tertiary/aromatic N) is 2.